The number of amidine groups is 1. The van der Waals surface area contributed by atoms with Gasteiger partial charge in [-0.2, -0.15) is 4.98 Å². The van der Waals surface area contributed by atoms with Gasteiger partial charge in [-0.05, 0) is 48.9 Å². The third kappa shape index (κ3) is 4.90. The first kappa shape index (κ1) is 22.7. The predicted octanol–water partition coefficient (Wildman–Crippen LogP) is 3.49. The van der Waals surface area contributed by atoms with Crippen LogP contribution in [0, 0.1) is 11.3 Å². The van der Waals surface area contributed by atoms with E-state index < -0.39 is 0 Å². The van der Waals surface area contributed by atoms with Crippen LogP contribution in [-0.2, 0) is 0 Å². The molecule has 178 valence electrons. The Labute approximate surface area is 202 Å². The molecule has 5 rings (SSSR count). The smallest absolute Gasteiger partial charge is 0.354 e. The predicted molar refractivity (Wildman–Crippen MR) is 139 cm³/mol. The number of nitrogens with two attached hydrogens (primary N) is 1. The quantitative estimate of drug-likeness (QED) is 0.273. The number of fused-ring (bicyclic) bond motifs is 1. The molecule has 8 nitrogen and oxygen atoms in total. The fourth-order valence-electron chi connectivity index (χ4n) is 4.87. The molecule has 2 aromatic heterocycles. The summed E-state index contributed by atoms with van der Waals surface area (Å²) in [6.07, 6.45) is 8.48. The zero-order valence-corrected chi connectivity index (χ0v) is 20.1. The fraction of sp³-hybridized carbons (Fsp3) is 0.400. The highest BCUT2D eigenvalue weighted by molar-refractivity contribution is 8.13. The number of aromatic amines is 1. The first-order chi connectivity index (χ1) is 16.5. The Morgan fingerprint density at radius 3 is 2.85 bits per heavy atom. The van der Waals surface area contributed by atoms with Crippen molar-refractivity contribution in [2.75, 3.05) is 12.3 Å². The van der Waals surface area contributed by atoms with E-state index in [1.807, 2.05) is 24.4 Å². The average Bonchev–Trinajstić information content (AvgIpc) is 3.44. The summed E-state index contributed by atoms with van der Waals surface area (Å²) < 4.78 is 1.61. The zero-order chi connectivity index (χ0) is 23.7. The molecule has 6 N–H and O–H groups in total. The maximum atomic E-state index is 12.8. The largest absolute Gasteiger partial charge is 0.383 e. The minimum atomic E-state index is -0.297. The second-order valence-corrected chi connectivity index (χ2v) is 10.4. The van der Waals surface area contributed by atoms with Crippen molar-refractivity contribution >= 4 is 33.7 Å². The number of nitrogens with zero attached hydrogens (tertiary/aromatic N) is 2. The topological polar surface area (TPSA) is 125 Å². The molecule has 2 aliphatic rings. The highest BCUT2D eigenvalue weighted by Crippen LogP contribution is 2.28. The number of benzene rings is 1. The Morgan fingerprint density at radius 1 is 1.29 bits per heavy atom. The molecule has 3 aromatic rings. The number of H-pyrrole nitrogens is 1. The fourth-order valence-corrected chi connectivity index (χ4v) is 5.49. The number of nitrogens with one attached hydrogen (secondary N) is 4. The van der Waals surface area contributed by atoms with E-state index in [4.69, 9.17) is 11.1 Å². The zero-order valence-electron chi connectivity index (χ0n) is 19.3. The Balaban J connectivity index is 1.32. The van der Waals surface area contributed by atoms with Crippen LogP contribution in [-0.4, -0.2) is 38.0 Å². The van der Waals surface area contributed by atoms with Crippen LogP contribution in [0.25, 0.3) is 22.4 Å². The van der Waals surface area contributed by atoms with Crippen molar-refractivity contribution in [2.24, 2.45) is 11.7 Å². The van der Waals surface area contributed by atoms with E-state index in [1.54, 1.807) is 4.57 Å². The molecule has 0 aliphatic carbocycles. The summed E-state index contributed by atoms with van der Waals surface area (Å²) in [5, 5.41) is 15.6. The molecule has 0 bridgehead atoms. The molecule has 0 radical (unpaired) electrons. The van der Waals surface area contributed by atoms with Crippen molar-refractivity contribution in [3.8, 4) is 5.69 Å². The van der Waals surface area contributed by atoms with E-state index in [9.17, 15) is 4.79 Å². The maximum absolute atomic E-state index is 12.8. The van der Waals surface area contributed by atoms with Crippen LogP contribution in [0.4, 0.5) is 0 Å². The van der Waals surface area contributed by atoms with Crippen molar-refractivity contribution in [1.82, 2.24) is 25.2 Å². The molecular formula is C25H31N7OS. The van der Waals surface area contributed by atoms with Gasteiger partial charge in [0.05, 0.1) is 17.1 Å². The Kier molecular flexibility index (Phi) is 6.47. The normalized spacial score (nSPS) is 22.5. The monoisotopic (exact) mass is 477 g/mol. The Hall–Kier alpha value is -3.04. The molecular weight excluding hydrogens is 446 g/mol. The number of hydrogen-bond donors (Lipinski definition) is 5. The highest BCUT2D eigenvalue weighted by atomic mass is 32.2. The van der Waals surface area contributed by atoms with E-state index in [0.29, 0.717) is 23.6 Å². The lowest BCUT2D eigenvalue weighted by Gasteiger charge is -2.31. The second kappa shape index (κ2) is 9.68. The lowest BCUT2D eigenvalue weighted by molar-refractivity contribution is 0.320. The molecule has 9 heteroatoms. The van der Waals surface area contributed by atoms with Gasteiger partial charge in [-0.15, -0.1) is 0 Å². The van der Waals surface area contributed by atoms with Crippen molar-refractivity contribution in [3.05, 3.63) is 64.3 Å². The highest BCUT2D eigenvalue weighted by Gasteiger charge is 2.22. The molecule has 1 saturated heterocycles. The molecule has 0 amide bonds. The summed E-state index contributed by atoms with van der Waals surface area (Å²) in [5.74, 6) is 1.35. The minimum Gasteiger partial charge on any atom is -0.383 e. The summed E-state index contributed by atoms with van der Waals surface area (Å²) in [6, 6.07) is 11.0. The van der Waals surface area contributed by atoms with Crippen molar-refractivity contribution in [2.45, 2.75) is 44.7 Å². The standard InChI is InChI=1S/C25H31N7OS/c1-15-11-21(28-13-15)22-12-17-14-32(25(33)31-23(17)30-22)19-7-5-16(6-8-19)20-4-2-3-18(29-20)9-10-34-24(26)27/h5-8,11-12,14-15,18,20,28-29H,2-4,9-10,13H2,1H3,(H3,26,27)(H,30,31,33)/t15-,18-,20-/m0/s1. The molecule has 4 heterocycles. The van der Waals surface area contributed by atoms with Gasteiger partial charge in [0.1, 0.15) is 5.65 Å². The van der Waals surface area contributed by atoms with Gasteiger partial charge in [-0.3, -0.25) is 9.98 Å². The van der Waals surface area contributed by atoms with Crippen LogP contribution in [0.15, 0.2) is 47.4 Å². The summed E-state index contributed by atoms with van der Waals surface area (Å²) in [4.78, 5) is 20.3. The summed E-state index contributed by atoms with van der Waals surface area (Å²) >= 11 is 1.41. The molecule has 2 aliphatic heterocycles. The van der Waals surface area contributed by atoms with Crippen molar-refractivity contribution in [3.63, 3.8) is 0 Å². The van der Waals surface area contributed by atoms with Gasteiger partial charge in [0, 0.05) is 36.0 Å². The molecule has 0 spiro atoms. The maximum Gasteiger partial charge on any atom is 0.354 e. The Morgan fingerprint density at radius 2 is 2.12 bits per heavy atom. The van der Waals surface area contributed by atoms with Crippen LogP contribution in [0.2, 0.25) is 0 Å². The van der Waals surface area contributed by atoms with E-state index in [2.05, 4.69) is 45.7 Å². The third-order valence-electron chi connectivity index (χ3n) is 6.64. The number of rotatable bonds is 6. The summed E-state index contributed by atoms with van der Waals surface area (Å²) in [7, 11) is 0. The number of hydrogen-bond acceptors (Lipinski definition) is 6. The van der Waals surface area contributed by atoms with Crippen LogP contribution in [0.3, 0.4) is 0 Å². The molecule has 0 unspecified atom stereocenters. The van der Waals surface area contributed by atoms with E-state index in [1.165, 1.54) is 23.7 Å². The van der Waals surface area contributed by atoms with Gasteiger partial charge >= 0.3 is 5.69 Å². The second-order valence-electron chi connectivity index (χ2n) is 9.26. The van der Waals surface area contributed by atoms with Crippen LogP contribution in [0.1, 0.15) is 49.9 Å². The molecule has 0 saturated carbocycles. The van der Waals surface area contributed by atoms with Crippen molar-refractivity contribution in [1.29, 1.82) is 5.41 Å². The van der Waals surface area contributed by atoms with E-state index in [0.717, 1.165) is 54.0 Å². The first-order valence-electron chi connectivity index (χ1n) is 11.9. The lowest BCUT2D eigenvalue weighted by Crippen LogP contribution is -2.37. The third-order valence-corrected chi connectivity index (χ3v) is 7.39. The van der Waals surface area contributed by atoms with Gasteiger partial charge < -0.3 is 21.4 Å². The number of piperidine rings is 1. The van der Waals surface area contributed by atoms with Crippen LogP contribution < -0.4 is 22.1 Å². The lowest BCUT2D eigenvalue weighted by atomic mass is 9.92. The van der Waals surface area contributed by atoms with Crippen molar-refractivity contribution < 1.29 is 0 Å². The van der Waals surface area contributed by atoms with Gasteiger partial charge in [0.2, 0.25) is 0 Å². The average molecular weight is 478 g/mol. The minimum absolute atomic E-state index is 0.184. The summed E-state index contributed by atoms with van der Waals surface area (Å²) in [6.45, 7) is 3.09. The van der Waals surface area contributed by atoms with Crippen LogP contribution >= 0.6 is 11.8 Å². The number of thioether (sulfide) groups is 1. The van der Waals surface area contributed by atoms with Gasteiger partial charge in [0.15, 0.2) is 5.17 Å². The molecule has 1 aromatic carbocycles. The first-order valence-corrected chi connectivity index (χ1v) is 12.9. The van der Waals surface area contributed by atoms with Gasteiger partial charge in [-0.1, -0.05) is 43.3 Å². The van der Waals surface area contributed by atoms with Crippen LogP contribution in [0.5, 0.6) is 0 Å². The number of aromatic nitrogens is 3. The van der Waals surface area contributed by atoms with E-state index in [-0.39, 0.29) is 10.9 Å². The Bertz CT molecular complexity index is 1280. The van der Waals surface area contributed by atoms with E-state index >= 15 is 0 Å². The molecule has 3 atom stereocenters. The molecule has 1 fully saturated rings. The summed E-state index contributed by atoms with van der Waals surface area (Å²) in [5.41, 5.74) is 9.82. The van der Waals surface area contributed by atoms with Gasteiger partial charge in [0.25, 0.3) is 0 Å². The molecule has 34 heavy (non-hydrogen) atoms. The SMILES string of the molecule is C[C@H]1C=C(c2cc3cn(-c4ccc([C@@H]5CCC[C@@H](CCSC(=N)N)N5)cc4)c(=O)nc3[nH]2)NC1. The van der Waals surface area contributed by atoms with Gasteiger partial charge in [-0.25, -0.2) is 4.79 Å².